The smallest absolute Gasteiger partial charge is 0.115 e. The molecule has 2 aromatic carbocycles. The monoisotopic (exact) mass is 407 g/mol. The summed E-state index contributed by atoms with van der Waals surface area (Å²) in [6.07, 6.45) is 0.660. The van der Waals surface area contributed by atoms with Gasteiger partial charge in [-0.05, 0) is 59.0 Å². The first-order chi connectivity index (χ1) is 10.2. The van der Waals surface area contributed by atoms with Gasteiger partial charge in [0.15, 0.2) is 0 Å². The number of halogens is 2. The molecule has 0 amide bonds. The minimum atomic E-state index is 0.496. The highest BCUT2D eigenvalue weighted by molar-refractivity contribution is 14.1. The maximum absolute atomic E-state index is 9.25. The Hall–Kier alpha value is -1.58. The van der Waals surface area contributed by atoms with E-state index in [1.165, 1.54) is 3.57 Å². The molecule has 1 heterocycles. The quantitative estimate of drug-likeness (QED) is 0.480. The van der Waals surface area contributed by atoms with Crippen molar-refractivity contribution in [2.45, 2.75) is 6.42 Å². The number of aromatic nitrogens is 2. The third-order valence-electron chi connectivity index (χ3n) is 3.28. The predicted octanol–water partition coefficient (Wildman–Crippen LogP) is 4.28. The molecule has 0 unspecified atom stereocenters. The summed E-state index contributed by atoms with van der Waals surface area (Å²) in [5.74, 6) is 1.37. The molecule has 3 nitrogen and oxygen atoms in total. The molecule has 0 saturated carbocycles. The van der Waals surface area contributed by atoms with E-state index in [1.807, 2.05) is 12.1 Å². The fourth-order valence-electron chi connectivity index (χ4n) is 2.37. The number of aryl methyl sites for hydroxylation is 1. The van der Waals surface area contributed by atoms with Crippen molar-refractivity contribution in [1.82, 2.24) is 9.55 Å². The molecule has 104 valence electrons. The minimum absolute atomic E-state index is 0.496. The zero-order valence-corrected chi connectivity index (χ0v) is 14.0. The molecule has 3 rings (SSSR count). The van der Waals surface area contributed by atoms with Crippen LogP contribution in [0.15, 0.2) is 42.5 Å². The highest BCUT2D eigenvalue weighted by Gasteiger charge is 2.14. The van der Waals surface area contributed by atoms with E-state index in [-0.39, 0.29) is 0 Å². The van der Waals surface area contributed by atoms with E-state index >= 15 is 0 Å². The van der Waals surface area contributed by atoms with Crippen LogP contribution in [0, 0.1) is 14.9 Å². The predicted molar refractivity (Wildman–Crippen MR) is 92.9 cm³/mol. The van der Waals surface area contributed by atoms with Crippen LogP contribution in [0.5, 0.6) is 0 Å². The molecular weight excluding hydrogens is 397 g/mol. The van der Waals surface area contributed by atoms with Gasteiger partial charge in [-0.1, -0.05) is 6.07 Å². The van der Waals surface area contributed by atoms with Crippen molar-refractivity contribution in [2.75, 3.05) is 5.88 Å². The molecular formula is C16H11ClIN3. The number of nitriles is 1. The summed E-state index contributed by atoms with van der Waals surface area (Å²) >= 11 is 8.18. The Morgan fingerprint density at radius 3 is 2.62 bits per heavy atom. The van der Waals surface area contributed by atoms with Crippen LogP contribution in [-0.4, -0.2) is 15.4 Å². The zero-order valence-electron chi connectivity index (χ0n) is 11.1. The highest BCUT2D eigenvalue weighted by atomic mass is 127. The van der Waals surface area contributed by atoms with Gasteiger partial charge in [0.2, 0.25) is 0 Å². The first-order valence-corrected chi connectivity index (χ1v) is 8.08. The van der Waals surface area contributed by atoms with Crippen molar-refractivity contribution in [3.8, 4) is 11.8 Å². The van der Waals surface area contributed by atoms with Crippen LogP contribution in [0.25, 0.3) is 16.7 Å². The molecule has 0 bridgehead atoms. The van der Waals surface area contributed by atoms with Crippen molar-refractivity contribution in [2.24, 2.45) is 0 Å². The summed E-state index contributed by atoms with van der Waals surface area (Å²) in [4.78, 5) is 4.63. The van der Waals surface area contributed by atoms with Gasteiger partial charge in [-0.25, -0.2) is 4.98 Å². The topological polar surface area (TPSA) is 41.6 Å². The summed E-state index contributed by atoms with van der Waals surface area (Å²) in [6, 6.07) is 16.1. The number of benzene rings is 2. The van der Waals surface area contributed by atoms with Gasteiger partial charge in [0.25, 0.3) is 0 Å². The van der Waals surface area contributed by atoms with Crippen LogP contribution >= 0.6 is 34.2 Å². The Morgan fingerprint density at radius 2 is 1.95 bits per heavy atom. The number of alkyl halides is 1. The second kappa shape index (κ2) is 6.04. The van der Waals surface area contributed by atoms with Crippen molar-refractivity contribution in [3.05, 3.63) is 57.4 Å². The summed E-state index contributed by atoms with van der Waals surface area (Å²) in [6.45, 7) is 0. The normalized spacial score (nSPS) is 10.7. The Bertz CT molecular complexity index is 831. The van der Waals surface area contributed by atoms with Crippen molar-refractivity contribution in [3.63, 3.8) is 0 Å². The number of imidazole rings is 1. The standard InChI is InChI=1S/C16H11ClIN3/c17-9-8-15-20-16-11(10-19)2-1-3-14(16)21(15)13-6-4-12(18)5-7-13/h1-7H,8-9H2. The van der Waals surface area contributed by atoms with Crippen LogP contribution in [0.3, 0.4) is 0 Å². The van der Waals surface area contributed by atoms with Gasteiger partial charge in [0.1, 0.15) is 17.4 Å². The number of para-hydroxylation sites is 1. The summed E-state index contributed by atoms with van der Waals surface area (Å²) in [7, 11) is 0. The van der Waals surface area contributed by atoms with Gasteiger partial charge < -0.3 is 0 Å². The van der Waals surface area contributed by atoms with Crippen molar-refractivity contribution in [1.29, 1.82) is 5.26 Å². The molecule has 1 aromatic heterocycles. The SMILES string of the molecule is N#Cc1cccc2c1nc(CCCl)n2-c1ccc(I)cc1. The number of hydrogen-bond acceptors (Lipinski definition) is 2. The van der Waals surface area contributed by atoms with Gasteiger partial charge in [0, 0.05) is 21.6 Å². The average molecular weight is 408 g/mol. The molecule has 0 saturated heterocycles. The largest absolute Gasteiger partial charge is 0.296 e. The van der Waals surface area contributed by atoms with E-state index in [1.54, 1.807) is 6.07 Å². The molecule has 0 aliphatic heterocycles. The second-order valence-electron chi connectivity index (χ2n) is 4.56. The first-order valence-electron chi connectivity index (χ1n) is 6.47. The molecule has 5 heteroatoms. The Morgan fingerprint density at radius 1 is 1.19 bits per heavy atom. The summed E-state index contributed by atoms with van der Waals surface area (Å²) in [5.41, 5.74) is 3.30. The highest BCUT2D eigenvalue weighted by Crippen LogP contribution is 2.25. The third kappa shape index (κ3) is 2.63. The fraction of sp³-hybridized carbons (Fsp3) is 0.125. The van der Waals surface area contributed by atoms with E-state index in [0.29, 0.717) is 17.9 Å². The van der Waals surface area contributed by atoms with Crippen LogP contribution in [0.2, 0.25) is 0 Å². The number of rotatable bonds is 3. The fourth-order valence-corrected chi connectivity index (χ4v) is 2.90. The van der Waals surface area contributed by atoms with E-state index in [4.69, 9.17) is 11.6 Å². The number of hydrogen-bond donors (Lipinski definition) is 0. The lowest BCUT2D eigenvalue weighted by Crippen LogP contribution is -2.02. The summed E-state index contributed by atoms with van der Waals surface area (Å²) in [5, 5.41) is 9.25. The average Bonchev–Trinajstić information content (AvgIpc) is 2.86. The molecule has 0 aliphatic carbocycles. The maximum atomic E-state index is 9.25. The molecule has 0 aliphatic rings. The number of fused-ring (bicyclic) bond motifs is 1. The van der Waals surface area contributed by atoms with Gasteiger partial charge in [-0.15, -0.1) is 11.6 Å². The van der Waals surface area contributed by atoms with Gasteiger partial charge >= 0.3 is 0 Å². The Kier molecular flexibility index (Phi) is 4.13. The van der Waals surface area contributed by atoms with Gasteiger partial charge in [-0.3, -0.25) is 4.57 Å². The van der Waals surface area contributed by atoms with E-state index in [9.17, 15) is 5.26 Å². The van der Waals surface area contributed by atoms with E-state index < -0.39 is 0 Å². The van der Waals surface area contributed by atoms with Crippen LogP contribution in [-0.2, 0) is 6.42 Å². The molecule has 0 N–H and O–H groups in total. The van der Waals surface area contributed by atoms with Crippen LogP contribution in [0.1, 0.15) is 11.4 Å². The van der Waals surface area contributed by atoms with Crippen molar-refractivity contribution >= 4 is 45.2 Å². The second-order valence-corrected chi connectivity index (χ2v) is 6.19. The molecule has 21 heavy (non-hydrogen) atoms. The van der Waals surface area contributed by atoms with Gasteiger partial charge in [-0.2, -0.15) is 5.26 Å². The molecule has 0 fully saturated rings. The van der Waals surface area contributed by atoms with Crippen LogP contribution in [0.4, 0.5) is 0 Å². The Labute approximate surface area is 141 Å². The van der Waals surface area contributed by atoms with E-state index in [2.05, 4.69) is 62.5 Å². The van der Waals surface area contributed by atoms with Crippen molar-refractivity contribution < 1.29 is 0 Å². The summed E-state index contributed by atoms with van der Waals surface area (Å²) < 4.78 is 3.26. The first kappa shape index (κ1) is 14.4. The maximum Gasteiger partial charge on any atom is 0.115 e. The van der Waals surface area contributed by atoms with E-state index in [0.717, 1.165) is 22.5 Å². The molecule has 0 spiro atoms. The van der Waals surface area contributed by atoms with Crippen LogP contribution < -0.4 is 0 Å². The lowest BCUT2D eigenvalue weighted by molar-refractivity contribution is 0.912. The third-order valence-corrected chi connectivity index (χ3v) is 4.19. The number of nitrogens with zero attached hydrogens (tertiary/aromatic N) is 3. The lowest BCUT2D eigenvalue weighted by Gasteiger charge is -2.08. The van der Waals surface area contributed by atoms with Gasteiger partial charge in [0.05, 0.1) is 11.1 Å². The Balaban J connectivity index is 2.31. The molecule has 3 aromatic rings. The zero-order chi connectivity index (χ0) is 14.8. The lowest BCUT2D eigenvalue weighted by atomic mass is 10.2. The molecule has 0 radical (unpaired) electrons. The minimum Gasteiger partial charge on any atom is -0.296 e. The molecule has 0 atom stereocenters.